The van der Waals surface area contributed by atoms with Crippen molar-refractivity contribution in [2.75, 3.05) is 19.8 Å². The van der Waals surface area contributed by atoms with Crippen LogP contribution in [0.3, 0.4) is 0 Å². The number of phosphoric acid groups is 6. The average molecular weight is 805 g/mol. The number of hydrogen-bond acceptors (Lipinski definition) is 17. The molecule has 2 rings (SSSR count). The molecule has 1 aliphatic rings. The number of aromatic nitrogens is 2. The molecule has 1 saturated heterocycles. The van der Waals surface area contributed by atoms with Gasteiger partial charge in [0.1, 0.15) is 6.23 Å². The minimum atomic E-state index is -6.39. The maximum atomic E-state index is 12.2. The Labute approximate surface area is 264 Å². The summed E-state index contributed by atoms with van der Waals surface area (Å²) < 4.78 is 106. The molecule has 6 unspecified atom stereocenters. The lowest BCUT2D eigenvalue weighted by atomic mass is 10.2. The Bertz CT molecular complexity index is 1640. The van der Waals surface area contributed by atoms with Crippen molar-refractivity contribution in [1.82, 2.24) is 9.55 Å². The average Bonchev–Trinajstić information content (AvgIpc) is 3.32. The maximum absolute atomic E-state index is 12.2. The van der Waals surface area contributed by atoms with Crippen molar-refractivity contribution < 1.29 is 92.1 Å². The van der Waals surface area contributed by atoms with Gasteiger partial charge in [0.2, 0.25) is 0 Å². The molecule has 9 N–H and O–H groups in total. The van der Waals surface area contributed by atoms with E-state index in [0.717, 1.165) is 4.57 Å². The standard InChI is InChI=1S/C16H33N3O22P6/c1-12-10-19(16(21)18-15(12)20)14-7-6-13(36-14)11-35-43(24,25)38-45(28,29)40-47(32,33)41-46(30,31)39-44(26,27)37-42(22,23)34-9-5-3-2-4-8-17/h10,13-14H,2-9,11,17H2,1H3,(H,22,23)(H,24,25)(H,26,27)(H,28,29)(H,30,31)(H,32,33)(H,18,20,21)/t13-,14+/m0/s1. The molecule has 0 amide bonds. The van der Waals surface area contributed by atoms with Gasteiger partial charge in [0.15, 0.2) is 0 Å². The van der Waals surface area contributed by atoms with Gasteiger partial charge in [-0.1, -0.05) is 12.8 Å². The highest BCUT2D eigenvalue weighted by atomic mass is 31.3. The quantitative estimate of drug-likeness (QED) is 0.0648. The van der Waals surface area contributed by atoms with Gasteiger partial charge in [-0.05, 0) is 39.2 Å². The van der Waals surface area contributed by atoms with Gasteiger partial charge in [0.25, 0.3) is 5.56 Å². The molecule has 31 heteroatoms. The van der Waals surface area contributed by atoms with Crippen LogP contribution < -0.4 is 17.0 Å². The smallest absolute Gasteiger partial charge is 0.352 e. The first-order valence-electron chi connectivity index (χ1n) is 12.9. The number of phosphoric ester groups is 2. The lowest BCUT2D eigenvalue weighted by Crippen LogP contribution is -2.33. The summed E-state index contributed by atoms with van der Waals surface area (Å²) in [7, 11) is -36.2. The Morgan fingerprint density at radius 2 is 1.23 bits per heavy atom. The number of H-pyrrole nitrogens is 1. The van der Waals surface area contributed by atoms with Crippen molar-refractivity contribution in [3.8, 4) is 0 Å². The van der Waals surface area contributed by atoms with Crippen LogP contribution in [0, 0.1) is 6.92 Å². The minimum Gasteiger partial charge on any atom is -0.352 e. The molecule has 25 nitrogen and oxygen atoms in total. The Morgan fingerprint density at radius 3 is 1.74 bits per heavy atom. The van der Waals surface area contributed by atoms with Crippen molar-refractivity contribution in [1.29, 1.82) is 0 Å². The maximum Gasteiger partial charge on any atom is 0.490 e. The van der Waals surface area contributed by atoms with Crippen LogP contribution in [0.5, 0.6) is 0 Å². The number of rotatable bonds is 21. The molecule has 0 aliphatic carbocycles. The van der Waals surface area contributed by atoms with Crippen LogP contribution >= 0.6 is 46.9 Å². The zero-order valence-electron chi connectivity index (χ0n) is 24.0. The second kappa shape index (κ2) is 17.1. The Kier molecular flexibility index (Phi) is 15.5. The molecule has 0 spiro atoms. The third-order valence-electron chi connectivity index (χ3n) is 5.35. The van der Waals surface area contributed by atoms with Crippen molar-refractivity contribution in [3.63, 3.8) is 0 Å². The molecule has 2 heterocycles. The number of ether oxygens (including phenoxy) is 1. The van der Waals surface area contributed by atoms with E-state index >= 15 is 0 Å². The second-order valence-corrected chi connectivity index (χ2v) is 18.7. The van der Waals surface area contributed by atoms with E-state index in [2.05, 4.69) is 35.6 Å². The summed E-state index contributed by atoms with van der Waals surface area (Å²) in [5.41, 5.74) is 4.03. The SMILES string of the molecule is Cc1cn([C@H]2CC[C@@H](COP(=O)(O)OP(=O)(O)OP(=O)(O)OP(=O)(O)OP(=O)(O)OP(=O)(O)OCCCCCCN)O2)c(=O)[nH]c1=O. The summed E-state index contributed by atoms with van der Waals surface area (Å²) in [6.45, 7) is 0.503. The van der Waals surface area contributed by atoms with Crippen LogP contribution in [-0.2, 0) is 62.7 Å². The number of nitrogens with zero attached hydrogens (tertiary/aromatic N) is 1. The van der Waals surface area contributed by atoms with Gasteiger partial charge in [-0.25, -0.2) is 32.2 Å². The van der Waals surface area contributed by atoms with Crippen molar-refractivity contribution >= 4 is 46.9 Å². The van der Waals surface area contributed by atoms with Crippen LogP contribution in [0.1, 0.15) is 50.3 Å². The lowest BCUT2D eigenvalue weighted by molar-refractivity contribution is -0.0244. The van der Waals surface area contributed by atoms with Gasteiger partial charge in [0.05, 0.1) is 19.3 Å². The number of hydrogen-bond donors (Lipinski definition) is 8. The summed E-state index contributed by atoms with van der Waals surface area (Å²) in [5.74, 6) is 0. The first-order valence-corrected chi connectivity index (χ1v) is 21.8. The molecule has 274 valence electrons. The Balaban J connectivity index is 1.91. The van der Waals surface area contributed by atoms with Crippen LogP contribution in [0.15, 0.2) is 15.8 Å². The number of nitrogens with one attached hydrogen (secondary N) is 1. The number of nitrogens with two attached hydrogens (primary N) is 1. The van der Waals surface area contributed by atoms with Crippen LogP contribution in [0.25, 0.3) is 0 Å². The fraction of sp³-hybridized carbons (Fsp3) is 0.750. The Morgan fingerprint density at radius 1 is 0.766 bits per heavy atom. The summed E-state index contributed by atoms with van der Waals surface area (Å²) >= 11 is 0. The highest BCUT2D eigenvalue weighted by Crippen LogP contribution is 2.75. The van der Waals surface area contributed by atoms with E-state index in [9.17, 15) is 66.3 Å². The molecule has 1 fully saturated rings. The van der Waals surface area contributed by atoms with Gasteiger partial charge < -0.3 is 39.8 Å². The number of aromatic amines is 1. The molecule has 0 saturated carbocycles. The predicted octanol–water partition coefficient (Wildman–Crippen LogP) is 1.76. The number of aryl methyl sites for hydroxylation is 1. The fourth-order valence-corrected chi connectivity index (χ4v) is 11.4. The molecule has 0 bridgehead atoms. The minimum absolute atomic E-state index is 0.0968. The lowest BCUT2D eigenvalue weighted by Gasteiger charge is -2.21. The first kappa shape index (κ1) is 42.6. The predicted molar refractivity (Wildman–Crippen MR) is 153 cm³/mol. The highest BCUT2D eigenvalue weighted by Gasteiger charge is 2.49. The van der Waals surface area contributed by atoms with Crippen molar-refractivity contribution in [3.05, 3.63) is 32.6 Å². The van der Waals surface area contributed by atoms with Crippen molar-refractivity contribution in [2.45, 2.75) is 57.8 Å². The summed E-state index contributed by atoms with van der Waals surface area (Å²) in [5, 5.41) is 0. The van der Waals surface area contributed by atoms with E-state index in [1.807, 2.05) is 0 Å². The number of unbranched alkanes of at least 4 members (excludes halogenated alkanes) is 3. The molecule has 0 radical (unpaired) electrons. The normalized spacial score (nSPS) is 24.7. The molecule has 1 aromatic heterocycles. The molecule has 0 aromatic carbocycles. The molecule has 1 aromatic rings. The molecule has 1 aliphatic heterocycles. The van der Waals surface area contributed by atoms with Gasteiger partial charge in [-0.2, -0.15) is 21.6 Å². The third kappa shape index (κ3) is 15.9. The topological polar surface area (TPSA) is 379 Å². The van der Waals surface area contributed by atoms with Gasteiger partial charge in [-0.15, -0.1) is 0 Å². The largest absolute Gasteiger partial charge is 0.490 e. The molecular formula is C16H33N3O22P6. The van der Waals surface area contributed by atoms with Gasteiger partial charge >= 0.3 is 52.6 Å². The van der Waals surface area contributed by atoms with Crippen LogP contribution in [0.4, 0.5) is 0 Å². The highest BCUT2D eigenvalue weighted by molar-refractivity contribution is 7.72. The Hall–Kier alpha value is -0.540. The van der Waals surface area contributed by atoms with Crippen molar-refractivity contribution in [2.24, 2.45) is 5.73 Å². The zero-order chi connectivity index (χ0) is 35.9. The van der Waals surface area contributed by atoms with E-state index in [4.69, 9.17) is 10.5 Å². The molecule has 8 atom stereocenters. The summed E-state index contributed by atoms with van der Waals surface area (Å²) in [6.07, 6.45) is 1.40. The van der Waals surface area contributed by atoms with E-state index in [-0.39, 0.29) is 24.8 Å². The van der Waals surface area contributed by atoms with Crippen LogP contribution in [0.2, 0.25) is 0 Å². The van der Waals surface area contributed by atoms with E-state index in [1.54, 1.807) is 0 Å². The molecule has 47 heavy (non-hydrogen) atoms. The van der Waals surface area contributed by atoms with Gasteiger partial charge in [-0.3, -0.25) is 23.4 Å². The monoisotopic (exact) mass is 805 g/mol. The second-order valence-electron chi connectivity index (χ2n) is 9.32. The first-order chi connectivity index (χ1) is 21.4. The van der Waals surface area contributed by atoms with E-state index in [1.165, 1.54) is 13.1 Å². The zero-order valence-corrected chi connectivity index (χ0v) is 29.4. The van der Waals surface area contributed by atoms with Crippen LogP contribution in [-0.4, -0.2) is 64.8 Å². The van der Waals surface area contributed by atoms with E-state index in [0.29, 0.717) is 25.8 Å². The third-order valence-corrected chi connectivity index (χ3v) is 14.6. The molecular weight excluding hydrogens is 772 g/mol. The summed E-state index contributed by atoms with van der Waals surface area (Å²) in [4.78, 5) is 83.1. The summed E-state index contributed by atoms with van der Waals surface area (Å²) in [6, 6.07) is 0. The van der Waals surface area contributed by atoms with Gasteiger partial charge in [0, 0.05) is 11.8 Å². The fourth-order valence-electron chi connectivity index (χ4n) is 3.53. The van der Waals surface area contributed by atoms with E-state index < -0.39 is 83.7 Å².